The number of nitro benzene ring substituents is 2. The fraction of sp³-hybridized carbons (Fsp3) is 0.286. The third-order valence-electron chi connectivity index (χ3n) is 3.34. The summed E-state index contributed by atoms with van der Waals surface area (Å²) < 4.78 is 1.70. The quantitative estimate of drug-likeness (QED) is 0.588. The minimum atomic E-state index is -0.771. The van der Waals surface area contributed by atoms with Gasteiger partial charge in [-0.3, -0.25) is 29.7 Å². The first-order valence-electron chi connectivity index (χ1n) is 7.03. The number of nitro groups is 2. The van der Waals surface area contributed by atoms with E-state index in [2.05, 4.69) is 5.10 Å². The number of benzene rings is 1. The van der Waals surface area contributed by atoms with E-state index >= 15 is 0 Å². The molecule has 10 nitrogen and oxygen atoms in total. The van der Waals surface area contributed by atoms with Crippen LogP contribution < -0.4 is 0 Å². The number of aryl methyl sites for hydroxylation is 1. The van der Waals surface area contributed by atoms with Gasteiger partial charge in [0, 0.05) is 31.9 Å². The highest BCUT2D eigenvalue weighted by molar-refractivity contribution is 5.95. The van der Waals surface area contributed by atoms with Crippen LogP contribution in [0.3, 0.4) is 0 Å². The molecule has 0 unspecified atom stereocenters. The van der Waals surface area contributed by atoms with Crippen molar-refractivity contribution >= 4 is 17.3 Å². The maximum absolute atomic E-state index is 12.4. The predicted octanol–water partition coefficient (Wildman–Crippen LogP) is 1.99. The summed E-state index contributed by atoms with van der Waals surface area (Å²) >= 11 is 0. The van der Waals surface area contributed by atoms with E-state index in [1.807, 2.05) is 6.92 Å². The summed E-state index contributed by atoms with van der Waals surface area (Å²) in [5.74, 6) is -0.562. The molecular formula is C14H15N5O5. The van der Waals surface area contributed by atoms with E-state index in [0.29, 0.717) is 12.2 Å². The van der Waals surface area contributed by atoms with Crippen LogP contribution in [0, 0.1) is 20.2 Å². The smallest absolute Gasteiger partial charge is 0.277 e. The Hall–Kier alpha value is -3.30. The Balaban J connectivity index is 2.27. The lowest BCUT2D eigenvalue weighted by Gasteiger charge is -2.15. The Morgan fingerprint density at radius 3 is 2.25 bits per heavy atom. The highest BCUT2D eigenvalue weighted by atomic mass is 16.6. The second-order valence-corrected chi connectivity index (χ2v) is 5.08. The molecule has 0 N–H and O–H groups in total. The van der Waals surface area contributed by atoms with Gasteiger partial charge in [0.15, 0.2) is 0 Å². The van der Waals surface area contributed by atoms with Gasteiger partial charge in [-0.2, -0.15) is 5.10 Å². The normalized spacial score (nSPS) is 10.4. The van der Waals surface area contributed by atoms with Gasteiger partial charge >= 0.3 is 0 Å². The molecule has 0 saturated carbocycles. The van der Waals surface area contributed by atoms with Crippen molar-refractivity contribution in [2.45, 2.75) is 20.0 Å². The lowest BCUT2D eigenvalue weighted by molar-refractivity contribution is -0.394. The van der Waals surface area contributed by atoms with Crippen molar-refractivity contribution in [3.63, 3.8) is 0 Å². The number of aromatic nitrogens is 2. The zero-order chi connectivity index (χ0) is 17.9. The molecule has 1 aromatic heterocycles. The fourth-order valence-corrected chi connectivity index (χ4v) is 2.13. The molecule has 126 valence electrons. The van der Waals surface area contributed by atoms with Gasteiger partial charge in [-0.05, 0) is 13.0 Å². The molecular weight excluding hydrogens is 318 g/mol. The molecule has 10 heteroatoms. The first kappa shape index (κ1) is 17.1. The van der Waals surface area contributed by atoms with Gasteiger partial charge in [0.05, 0.1) is 33.7 Å². The summed E-state index contributed by atoms with van der Waals surface area (Å²) in [7, 11) is 1.50. The number of rotatable bonds is 6. The largest absolute Gasteiger partial charge is 0.336 e. The number of hydrogen-bond donors (Lipinski definition) is 0. The molecule has 0 spiro atoms. The van der Waals surface area contributed by atoms with Gasteiger partial charge in [0.2, 0.25) is 0 Å². The molecule has 1 heterocycles. The zero-order valence-corrected chi connectivity index (χ0v) is 13.1. The third kappa shape index (κ3) is 3.72. The molecule has 0 atom stereocenters. The molecule has 1 amide bonds. The van der Waals surface area contributed by atoms with E-state index in [-0.39, 0.29) is 12.1 Å². The van der Waals surface area contributed by atoms with E-state index in [0.717, 1.165) is 18.2 Å². The summed E-state index contributed by atoms with van der Waals surface area (Å²) in [6.07, 6.45) is 1.77. The molecule has 0 radical (unpaired) electrons. The Kier molecular flexibility index (Phi) is 4.87. The highest BCUT2D eigenvalue weighted by Crippen LogP contribution is 2.23. The van der Waals surface area contributed by atoms with E-state index in [9.17, 15) is 25.0 Å². The van der Waals surface area contributed by atoms with Gasteiger partial charge in [-0.1, -0.05) is 0 Å². The minimum absolute atomic E-state index is 0.117. The molecule has 0 fully saturated rings. The van der Waals surface area contributed by atoms with Crippen LogP contribution in [0.5, 0.6) is 0 Å². The van der Waals surface area contributed by atoms with Gasteiger partial charge in [0.1, 0.15) is 0 Å². The monoisotopic (exact) mass is 333 g/mol. The lowest BCUT2D eigenvalue weighted by atomic mass is 10.1. The van der Waals surface area contributed by atoms with Crippen molar-refractivity contribution in [2.24, 2.45) is 0 Å². The van der Waals surface area contributed by atoms with Crippen molar-refractivity contribution in [3.8, 4) is 0 Å². The topological polar surface area (TPSA) is 124 Å². The maximum Gasteiger partial charge on any atom is 0.277 e. The maximum atomic E-state index is 12.4. The Labute approximate surface area is 136 Å². The number of non-ortho nitro benzene ring substituents is 2. The Morgan fingerprint density at radius 2 is 1.79 bits per heavy atom. The first-order valence-corrected chi connectivity index (χ1v) is 7.03. The van der Waals surface area contributed by atoms with E-state index in [4.69, 9.17) is 0 Å². The van der Waals surface area contributed by atoms with Crippen LogP contribution in [0.25, 0.3) is 0 Å². The number of carbonyl (C=O) groups is 1. The van der Waals surface area contributed by atoms with Crippen molar-refractivity contribution in [1.29, 1.82) is 0 Å². The summed E-state index contributed by atoms with van der Waals surface area (Å²) in [5.41, 5.74) is -0.478. The van der Waals surface area contributed by atoms with Crippen LogP contribution >= 0.6 is 0 Å². The molecule has 2 rings (SSSR count). The predicted molar refractivity (Wildman–Crippen MR) is 83.4 cm³/mol. The molecule has 1 aromatic carbocycles. The van der Waals surface area contributed by atoms with E-state index < -0.39 is 27.1 Å². The Bertz CT molecular complexity index is 768. The number of nitrogens with zero attached hydrogens (tertiary/aromatic N) is 5. The van der Waals surface area contributed by atoms with Gasteiger partial charge in [0.25, 0.3) is 17.3 Å². The highest BCUT2D eigenvalue weighted by Gasteiger charge is 2.22. The minimum Gasteiger partial charge on any atom is -0.336 e. The summed E-state index contributed by atoms with van der Waals surface area (Å²) in [6, 6.07) is 4.62. The summed E-state index contributed by atoms with van der Waals surface area (Å²) in [4.78, 5) is 34.0. The van der Waals surface area contributed by atoms with Crippen molar-refractivity contribution in [1.82, 2.24) is 14.7 Å². The molecule has 24 heavy (non-hydrogen) atoms. The van der Waals surface area contributed by atoms with E-state index in [1.54, 1.807) is 16.9 Å². The van der Waals surface area contributed by atoms with Gasteiger partial charge in [-0.25, -0.2) is 0 Å². The van der Waals surface area contributed by atoms with Crippen LogP contribution in [-0.2, 0) is 13.1 Å². The second-order valence-electron chi connectivity index (χ2n) is 5.08. The Morgan fingerprint density at radius 1 is 1.21 bits per heavy atom. The van der Waals surface area contributed by atoms with Crippen LogP contribution in [0.1, 0.15) is 23.0 Å². The first-order chi connectivity index (χ1) is 11.3. The zero-order valence-electron chi connectivity index (χ0n) is 13.1. The van der Waals surface area contributed by atoms with Crippen molar-refractivity contribution < 1.29 is 14.6 Å². The van der Waals surface area contributed by atoms with Crippen molar-refractivity contribution in [3.05, 3.63) is 61.9 Å². The van der Waals surface area contributed by atoms with Crippen LogP contribution in [0.2, 0.25) is 0 Å². The summed E-state index contributed by atoms with van der Waals surface area (Å²) in [6.45, 7) is 2.80. The van der Waals surface area contributed by atoms with E-state index in [1.165, 1.54) is 11.9 Å². The third-order valence-corrected chi connectivity index (χ3v) is 3.34. The van der Waals surface area contributed by atoms with Crippen molar-refractivity contribution in [2.75, 3.05) is 7.05 Å². The van der Waals surface area contributed by atoms with Crippen LogP contribution in [0.15, 0.2) is 30.5 Å². The standard InChI is InChI=1S/C14H15N5O5/c1-3-17-5-4-11(15-17)9-16(2)14(20)10-6-12(18(21)22)8-13(7-10)19(23)24/h4-8H,3,9H2,1-2H3. The average molecular weight is 333 g/mol. The molecule has 0 aliphatic rings. The fourth-order valence-electron chi connectivity index (χ4n) is 2.13. The second kappa shape index (κ2) is 6.86. The summed E-state index contributed by atoms with van der Waals surface area (Å²) in [5, 5.41) is 26.0. The number of hydrogen-bond acceptors (Lipinski definition) is 6. The van der Waals surface area contributed by atoms with Crippen LogP contribution in [-0.4, -0.2) is 37.5 Å². The molecule has 0 aliphatic heterocycles. The average Bonchev–Trinajstić information content (AvgIpc) is 3.01. The molecule has 0 bridgehead atoms. The SMILES string of the molecule is CCn1ccc(CN(C)C(=O)c2cc([N+](=O)[O-])cc([N+](=O)[O-])c2)n1. The lowest BCUT2D eigenvalue weighted by Crippen LogP contribution is -2.26. The number of amides is 1. The number of carbonyl (C=O) groups excluding carboxylic acids is 1. The molecule has 2 aromatic rings. The van der Waals surface area contributed by atoms with Gasteiger partial charge in [-0.15, -0.1) is 0 Å². The molecule has 0 aliphatic carbocycles. The van der Waals surface area contributed by atoms with Gasteiger partial charge < -0.3 is 4.90 Å². The van der Waals surface area contributed by atoms with Crippen LogP contribution in [0.4, 0.5) is 11.4 Å². The molecule has 0 saturated heterocycles.